The van der Waals surface area contributed by atoms with Gasteiger partial charge in [-0.05, 0) is 140 Å². The third-order valence-corrected chi connectivity index (χ3v) is 18.9. The van der Waals surface area contributed by atoms with Gasteiger partial charge in [0.15, 0.2) is 5.78 Å². The number of carbonyl (C=O) groups excluding carboxylic acids is 4. The van der Waals surface area contributed by atoms with Crippen molar-refractivity contribution in [2.75, 3.05) is 6.54 Å². The van der Waals surface area contributed by atoms with Crippen LogP contribution in [0.1, 0.15) is 150 Å². The molecule has 12 atom stereocenters. The van der Waals surface area contributed by atoms with Gasteiger partial charge in [-0.2, -0.15) is 0 Å². The monoisotopic (exact) mass is 862 g/mol. The molecule has 0 saturated heterocycles. The lowest BCUT2D eigenvalue weighted by Gasteiger charge is -2.72. The molecular weight excluding hydrogens is 792 g/mol. The van der Waals surface area contributed by atoms with E-state index in [2.05, 4.69) is 59.1 Å². The Morgan fingerprint density at radius 2 is 1.51 bits per heavy atom. The molecule has 5 fully saturated rings. The second-order valence-corrected chi connectivity index (χ2v) is 23.0. The number of carboxylic acids is 1. The van der Waals surface area contributed by atoms with Gasteiger partial charge in [-0.15, -0.1) is 0 Å². The van der Waals surface area contributed by atoms with E-state index in [1.165, 1.54) is 5.57 Å². The van der Waals surface area contributed by atoms with Gasteiger partial charge >= 0.3 is 11.9 Å². The molecule has 1 aromatic rings. The molecule has 0 aromatic heterocycles. The van der Waals surface area contributed by atoms with Crippen molar-refractivity contribution >= 4 is 41.1 Å². The van der Waals surface area contributed by atoms with Crippen molar-refractivity contribution in [3.63, 3.8) is 0 Å². The maximum Gasteiger partial charge on any atom is 0.309 e. The number of aliphatic hydroxyl groups excluding tert-OH is 1. The number of carboxylic acid groups (broad SMARTS) is 1. The van der Waals surface area contributed by atoms with Gasteiger partial charge < -0.3 is 25.6 Å². The highest BCUT2D eigenvalue weighted by Crippen LogP contribution is 2.77. The molecule has 11 heteroatoms. The fraction of sp³-hybridized carbons (Fsp3) is 0.740. The number of Topliss-reactive ketones (excluding diaryl/α,β-unsaturated/α-hetero) is 1. The van der Waals surface area contributed by atoms with Gasteiger partial charge in [0.2, 0.25) is 5.91 Å². The smallest absolute Gasteiger partial charge is 0.309 e. The molecule has 6 aliphatic carbocycles. The Labute approximate surface area is 368 Å². The van der Waals surface area contributed by atoms with E-state index in [-0.39, 0.29) is 76.1 Å². The van der Waals surface area contributed by atoms with Crippen LogP contribution in [-0.4, -0.2) is 64.5 Å². The van der Waals surface area contributed by atoms with Crippen LogP contribution >= 0.6 is 11.6 Å². The predicted octanol–water partition coefficient (Wildman–Crippen LogP) is 8.96. The molecule has 2 amide bonds. The lowest BCUT2D eigenvalue weighted by atomic mass is 9.33. The number of carbonyl (C=O) groups is 5. The largest absolute Gasteiger partial charge is 0.481 e. The Balaban J connectivity index is 1.09. The summed E-state index contributed by atoms with van der Waals surface area (Å²) in [6.07, 6.45) is 7.19. The molecule has 7 rings (SSSR count). The fourth-order valence-corrected chi connectivity index (χ4v) is 15.0. The molecule has 336 valence electrons. The molecule has 1 unspecified atom stereocenters. The standard InChI is InChI=1S/C50H71ClN2O8/c1-27(2)40-35(55)24-50(25-39(56)52-26-34(28(3)54)53-42(57)29-11-13-30(51)14-12-29)22-21-48(9)31(41(40)50)15-16-37-47(8)19-18-38(46(6,7)36(47)17-20-49(37,48)10)61-44(60)33-23-32(43(58)59)45(33,4)5/h11-14,27-28,31-34,36-38,54H,15-26H2,1-10H3,(H,52,56)(H,53,57)(H,58,59)/t28?,31-,32+,33-,34+,36+,37-,38+,47+,48-,49-,50+/m1/s1. The van der Waals surface area contributed by atoms with Crippen LogP contribution in [0, 0.1) is 68.0 Å². The van der Waals surface area contributed by atoms with Crippen molar-refractivity contribution in [2.45, 2.75) is 158 Å². The molecule has 4 N–H and O–H groups in total. The van der Waals surface area contributed by atoms with E-state index in [1.54, 1.807) is 31.2 Å². The highest BCUT2D eigenvalue weighted by atomic mass is 35.5. The summed E-state index contributed by atoms with van der Waals surface area (Å²) in [7, 11) is 0. The summed E-state index contributed by atoms with van der Waals surface area (Å²) < 4.78 is 6.41. The third-order valence-electron chi connectivity index (χ3n) is 18.6. The summed E-state index contributed by atoms with van der Waals surface area (Å²) in [6, 6.07) is 5.78. The van der Waals surface area contributed by atoms with E-state index < -0.39 is 40.8 Å². The zero-order chi connectivity index (χ0) is 44.8. The molecule has 5 saturated carbocycles. The molecule has 0 aliphatic heterocycles. The Kier molecular flexibility index (Phi) is 11.8. The maximum atomic E-state index is 14.2. The zero-order valence-corrected chi connectivity index (χ0v) is 39.0. The van der Waals surface area contributed by atoms with E-state index in [0.717, 1.165) is 56.9 Å². The summed E-state index contributed by atoms with van der Waals surface area (Å²) >= 11 is 6.01. The Morgan fingerprint density at radius 1 is 0.836 bits per heavy atom. The number of ketones is 1. The maximum absolute atomic E-state index is 14.2. The van der Waals surface area contributed by atoms with Crippen LogP contribution in [0.3, 0.4) is 0 Å². The van der Waals surface area contributed by atoms with Gasteiger partial charge in [-0.3, -0.25) is 24.0 Å². The van der Waals surface area contributed by atoms with Crippen molar-refractivity contribution in [1.29, 1.82) is 0 Å². The molecule has 0 spiro atoms. The first-order valence-electron chi connectivity index (χ1n) is 23.1. The first-order chi connectivity index (χ1) is 28.3. The minimum atomic E-state index is -0.919. The Morgan fingerprint density at radius 3 is 2.11 bits per heavy atom. The topological polar surface area (TPSA) is 159 Å². The van der Waals surface area contributed by atoms with Gasteiger partial charge in [0.1, 0.15) is 6.10 Å². The van der Waals surface area contributed by atoms with Gasteiger partial charge in [-0.25, -0.2) is 0 Å². The van der Waals surface area contributed by atoms with Crippen molar-refractivity contribution in [3.05, 3.63) is 46.0 Å². The molecule has 0 radical (unpaired) electrons. The average Bonchev–Trinajstić information content (AvgIpc) is 3.45. The van der Waals surface area contributed by atoms with Crippen molar-refractivity contribution < 1.29 is 38.9 Å². The number of fused-ring (bicyclic) bond motifs is 7. The normalized spacial score (nSPS) is 38.1. The molecule has 61 heavy (non-hydrogen) atoms. The van der Waals surface area contributed by atoms with Gasteiger partial charge in [0, 0.05) is 40.8 Å². The molecule has 10 nitrogen and oxygen atoms in total. The second-order valence-electron chi connectivity index (χ2n) is 22.6. The van der Waals surface area contributed by atoms with E-state index in [4.69, 9.17) is 16.3 Å². The summed E-state index contributed by atoms with van der Waals surface area (Å²) in [5, 5.41) is 26.7. The molecule has 0 heterocycles. The minimum Gasteiger partial charge on any atom is -0.481 e. The first kappa shape index (κ1) is 45.8. The van der Waals surface area contributed by atoms with Crippen LogP contribution in [0.5, 0.6) is 0 Å². The van der Waals surface area contributed by atoms with Crippen LogP contribution in [-0.2, 0) is 23.9 Å². The Bertz CT molecular complexity index is 1990. The predicted molar refractivity (Wildman–Crippen MR) is 234 cm³/mol. The number of hydrogen-bond donors (Lipinski definition) is 4. The molecule has 6 aliphatic rings. The van der Waals surface area contributed by atoms with E-state index in [9.17, 15) is 34.2 Å². The number of aliphatic hydroxyl groups is 1. The van der Waals surface area contributed by atoms with Gasteiger partial charge in [0.25, 0.3) is 5.91 Å². The van der Waals surface area contributed by atoms with Crippen LogP contribution in [0.4, 0.5) is 0 Å². The van der Waals surface area contributed by atoms with E-state index in [0.29, 0.717) is 35.3 Å². The third kappa shape index (κ3) is 7.29. The highest BCUT2D eigenvalue weighted by molar-refractivity contribution is 6.30. The number of aliphatic carboxylic acids is 1. The quantitative estimate of drug-likeness (QED) is 0.161. The van der Waals surface area contributed by atoms with Crippen LogP contribution in [0.15, 0.2) is 35.4 Å². The number of halogens is 1. The number of amides is 2. The lowest BCUT2D eigenvalue weighted by molar-refractivity contribution is -0.236. The minimum absolute atomic E-state index is 0.00944. The zero-order valence-electron chi connectivity index (χ0n) is 38.2. The number of rotatable bonds is 11. The van der Waals surface area contributed by atoms with E-state index in [1.807, 2.05) is 13.8 Å². The first-order valence-corrected chi connectivity index (χ1v) is 23.4. The number of allylic oxidation sites excluding steroid dienone is 2. The number of nitrogens with one attached hydrogen (secondary N) is 2. The van der Waals surface area contributed by atoms with Gasteiger partial charge in [-0.1, -0.05) is 79.5 Å². The molecular formula is C50H71ClN2O8. The number of benzene rings is 1. The lowest BCUT2D eigenvalue weighted by Crippen LogP contribution is -2.66. The van der Waals surface area contributed by atoms with Crippen LogP contribution in [0.2, 0.25) is 5.02 Å². The molecule has 0 bridgehead atoms. The number of hydrogen-bond acceptors (Lipinski definition) is 7. The average molecular weight is 864 g/mol. The van der Waals surface area contributed by atoms with Crippen molar-refractivity contribution in [2.24, 2.45) is 68.0 Å². The summed E-state index contributed by atoms with van der Waals surface area (Å²) in [5.41, 5.74) is 1.03. The molecule has 1 aromatic carbocycles. The summed E-state index contributed by atoms with van der Waals surface area (Å²) in [4.78, 5) is 66.7. The summed E-state index contributed by atoms with van der Waals surface area (Å²) in [6.45, 7) is 21.7. The highest BCUT2D eigenvalue weighted by Gasteiger charge is 2.70. The number of esters is 1. The summed E-state index contributed by atoms with van der Waals surface area (Å²) in [5.74, 6) is -1.42. The van der Waals surface area contributed by atoms with Crippen molar-refractivity contribution in [1.82, 2.24) is 10.6 Å². The Hall–Kier alpha value is -3.24. The van der Waals surface area contributed by atoms with Gasteiger partial charge in [0.05, 0.1) is 24.0 Å². The second kappa shape index (κ2) is 15.8. The fourth-order valence-electron chi connectivity index (χ4n) is 14.9. The SMILES string of the molecule is CC(C)C1=C2[C@H]3CC[C@@H]4[C@@]5(C)CC[C@H](OC(=O)[C@H]6C[C@@H](C(=O)O)C6(C)C)C(C)(C)[C@@H]5CC[C@@]4(C)[C@]3(C)CC[C@@]2(CC(=O)NC[C@H](NC(=O)c2ccc(Cl)cc2)C(C)O)CC1=O. The van der Waals surface area contributed by atoms with E-state index >= 15 is 0 Å². The van der Waals surface area contributed by atoms with Crippen LogP contribution in [0.25, 0.3) is 0 Å². The van der Waals surface area contributed by atoms with Crippen LogP contribution < -0.4 is 10.6 Å². The number of ether oxygens (including phenoxy) is 1. The van der Waals surface area contributed by atoms with Crippen molar-refractivity contribution in [3.8, 4) is 0 Å².